The third kappa shape index (κ3) is 5.52. The molecule has 1 atom stereocenters. The van der Waals surface area contributed by atoms with E-state index in [-0.39, 0.29) is 5.91 Å². The fourth-order valence-electron chi connectivity index (χ4n) is 2.97. The standard InChI is InChI=1S/C16H26N2O3/c1-13(19)11-18(14-6-3-2-4-7-14)12-16(20)17-10-15-8-5-9-21-15/h5,8-9,13-14,19H,2-4,6-7,10-12H2,1H3,(H,17,20). The van der Waals surface area contributed by atoms with E-state index < -0.39 is 6.10 Å². The van der Waals surface area contributed by atoms with E-state index in [9.17, 15) is 9.90 Å². The van der Waals surface area contributed by atoms with Gasteiger partial charge < -0.3 is 14.8 Å². The lowest BCUT2D eigenvalue weighted by molar-refractivity contribution is -0.123. The number of furan rings is 1. The van der Waals surface area contributed by atoms with E-state index in [4.69, 9.17) is 4.42 Å². The molecule has 1 heterocycles. The highest BCUT2D eigenvalue weighted by Gasteiger charge is 2.24. The van der Waals surface area contributed by atoms with Crippen LogP contribution in [0, 0.1) is 0 Å². The van der Waals surface area contributed by atoms with E-state index in [2.05, 4.69) is 10.2 Å². The second-order valence-corrected chi connectivity index (χ2v) is 5.93. The van der Waals surface area contributed by atoms with Crippen molar-refractivity contribution in [2.45, 2.75) is 57.7 Å². The summed E-state index contributed by atoms with van der Waals surface area (Å²) in [5, 5.41) is 12.5. The molecule has 1 amide bonds. The Morgan fingerprint density at radius 3 is 2.86 bits per heavy atom. The predicted octanol–water partition coefficient (Wildman–Crippen LogP) is 1.91. The maximum atomic E-state index is 12.1. The molecule has 1 aliphatic rings. The molecule has 0 spiro atoms. The third-order valence-corrected chi connectivity index (χ3v) is 3.98. The van der Waals surface area contributed by atoms with Crippen molar-refractivity contribution >= 4 is 5.91 Å². The molecule has 0 bridgehead atoms. The van der Waals surface area contributed by atoms with Gasteiger partial charge in [-0.1, -0.05) is 19.3 Å². The number of rotatable bonds is 7. The fourth-order valence-corrected chi connectivity index (χ4v) is 2.97. The highest BCUT2D eigenvalue weighted by Crippen LogP contribution is 2.22. The summed E-state index contributed by atoms with van der Waals surface area (Å²) in [7, 11) is 0. The van der Waals surface area contributed by atoms with Crippen molar-refractivity contribution in [2.24, 2.45) is 0 Å². The Balaban J connectivity index is 1.83. The molecule has 1 aromatic heterocycles. The van der Waals surface area contributed by atoms with Gasteiger partial charge in [0.2, 0.25) is 5.91 Å². The minimum absolute atomic E-state index is 0.0161. The summed E-state index contributed by atoms with van der Waals surface area (Å²) in [5.74, 6) is 0.737. The van der Waals surface area contributed by atoms with E-state index in [0.717, 1.165) is 18.6 Å². The average Bonchev–Trinajstić information content (AvgIpc) is 2.98. The van der Waals surface area contributed by atoms with E-state index in [1.165, 1.54) is 19.3 Å². The second kappa shape index (κ2) is 8.20. The first kappa shape index (κ1) is 16.0. The Labute approximate surface area is 126 Å². The van der Waals surface area contributed by atoms with Crippen LogP contribution in [0.15, 0.2) is 22.8 Å². The number of carbonyl (C=O) groups excluding carboxylic acids is 1. The maximum Gasteiger partial charge on any atom is 0.234 e. The molecule has 1 aliphatic carbocycles. The summed E-state index contributed by atoms with van der Waals surface area (Å²) in [6.45, 7) is 3.09. The minimum Gasteiger partial charge on any atom is -0.467 e. The Bertz CT molecular complexity index is 411. The van der Waals surface area contributed by atoms with Gasteiger partial charge in [0.1, 0.15) is 5.76 Å². The number of carbonyl (C=O) groups is 1. The zero-order valence-electron chi connectivity index (χ0n) is 12.8. The van der Waals surface area contributed by atoms with E-state index in [1.807, 2.05) is 12.1 Å². The van der Waals surface area contributed by atoms with Crippen LogP contribution in [0.25, 0.3) is 0 Å². The molecule has 1 saturated carbocycles. The van der Waals surface area contributed by atoms with Crippen molar-refractivity contribution in [2.75, 3.05) is 13.1 Å². The van der Waals surface area contributed by atoms with E-state index in [1.54, 1.807) is 13.2 Å². The average molecular weight is 294 g/mol. The molecule has 21 heavy (non-hydrogen) atoms. The first-order valence-electron chi connectivity index (χ1n) is 7.86. The summed E-state index contributed by atoms with van der Waals surface area (Å²) >= 11 is 0. The fraction of sp³-hybridized carbons (Fsp3) is 0.688. The highest BCUT2D eigenvalue weighted by atomic mass is 16.3. The quantitative estimate of drug-likeness (QED) is 0.806. The Morgan fingerprint density at radius 1 is 1.48 bits per heavy atom. The van der Waals surface area contributed by atoms with Crippen LogP contribution in [0.4, 0.5) is 0 Å². The summed E-state index contributed by atoms with van der Waals surface area (Å²) in [5.41, 5.74) is 0. The normalized spacial score (nSPS) is 17.9. The molecule has 118 valence electrons. The third-order valence-electron chi connectivity index (χ3n) is 3.98. The zero-order chi connectivity index (χ0) is 15.1. The van der Waals surface area contributed by atoms with Crippen LogP contribution in [-0.2, 0) is 11.3 Å². The van der Waals surface area contributed by atoms with Gasteiger partial charge in [-0.15, -0.1) is 0 Å². The first-order chi connectivity index (χ1) is 10.1. The van der Waals surface area contributed by atoms with Gasteiger partial charge in [-0.25, -0.2) is 0 Å². The van der Waals surface area contributed by atoms with Crippen LogP contribution in [0.5, 0.6) is 0 Å². The lowest BCUT2D eigenvalue weighted by Crippen LogP contribution is -2.46. The Kier molecular flexibility index (Phi) is 6.26. The number of nitrogens with one attached hydrogen (secondary N) is 1. The molecular weight excluding hydrogens is 268 g/mol. The largest absolute Gasteiger partial charge is 0.467 e. The summed E-state index contributed by atoms with van der Waals surface area (Å²) < 4.78 is 5.20. The van der Waals surface area contributed by atoms with Gasteiger partial charge in [-0.2, -0.15) is 0 Å². The molecular formula is C16H26N2O3. The van der Waals surface area contributed by atoms with Gasteiger partial charge in [0.05, 0.1) is 25.5 Å². The summed E-state index contributed by atoms with van der Waals surface area (Å²) in [6, 6.07) is 4.07. The lowest BCUT2D eigenvalue weighted by atomic mass is 9.94. The predicted molar refractivity (Wildman–Crippen MR) is 80.7 cm³/mol. The molecule has 0 aliphatic heterocycles. The summed E-state index contributed by atoms with van der Waals surface area (Å²) in [6.07, 6.45) is 7.15. The van der Waals surface area contributed by atoms with Crippen molar-refractivity contribution in [3.8, 4) is 0 Å². The van der Waals surface area contributed by atoms with Crippen LogP contribution in [-0.4, -0.2) is 41.1 Å². The van der Waals surface area contributed by atoms with Crippen molar-refractivity contribution in [1.29, 1.82) is 0 Å². The number of nitrogens with zero attached hydrogens (tertiary/aromatic N) is 1. The van der Waals surface area contributed by atoms with Gasteiger partial charge >= 0.3 is 0 Å². The minimum atomic E-state index is -0.412. The van der Waals surface area contributed by atoms with Gasteiger partial charge in [0.25, 0.3) is 0 Å². The molecule has 1 unspecified atom stereocenters. The van der Waals surface area contributed by atoms with Crippen molar-refractivity contribution < 1.29 is 14.3 Å². The van der Waals surface area contributed by atoms with Crippen molar-refractivity contribution in [3.05, 3.63) is 24.2 Å². The number of hydrogen-bond donors (Lipinski definition) is 2. The number of aliphatic hydroxyl groups is 1. The van der Waals surface area contributed by atoms with Gasteiger partial charge in [0, 0.05) is 12.6 Å². The molecule has 0 radical (unpaired) electrons. The number of amides is 1. The maximum absolute atomic E-state index is 12.1. The number of hydrogen-bond acceptors (Lipinski definition) is 4. The Hall–Kier alpha value is -1.33. The van der Waals surface area contributed by atoms with Crippen molar-refractivity contribution in [3.63, 3.8) is 0 Å². The molecule has 2 rings (SSSR count). The van der Waals surface area contributed by atoms with Gasteiger partial charge in [-0.3, -0.25) is 9.69 Å². The van der Waals surface area contributed by atoms with Crippen LogP contribution in [0.2, 0.25) is 0 Å². The van der Waals surface area contributed by atoms with Gasteiger partial charge in [-0.05, 0) is 31.9 Å². The first-order valence-corrected chi connectivity index (χ1v) is 7.86. The van der Waals surface area contributed by atoms with E-state index in [0.29, 0.717) is 25.7 Å². The second-order valence-electron chi connectivity index (χ2n) is 5.93. The molecule has 1 aromatic rings. The molecule has 0 aromatic carbocycles. The van der Waals surface area contributed by atoms with Crippen LogP contribution in [0.3, 0.4) is 0 Å². The summed E-state index contributed by atoms with van der Waals surface area (Å²) in [4.78, 5) is 14.2. The van der Waals surface area contributed by atoms with Crippen molar-refractivity contribution in [1.82, 2.24) is 10.2 Å². The molecule has 1 fully saturated rings. The van der Waals surface area contributed by atoms with Crippen LogP contribution >= 0.6 is 0 Å². The molecule has 5 heteroatoms. The zero-order valence-corrected chi connectivity index (χ0v) is 12.8. The van der Waals surface area contributed by atoms with Gasteiger partial charge in [0.15, 0.2) is 0 Å². The van der Waals surface area contributed by atoms with Crippen LogP contribution < -0.4 is 5.32 Å². The lowest BCUT2D eigenvalue weighted by Gasteiger charge is -2.34. The van der Waals surface area contributed by atoms with Crippen LogP contribution in [0.1, 0.15) is 44.8 Å². The Morgan fingerprint density at radius 2 is 2.24 bits per heavy atom. The SMILES string of the molecule is CC(O)CN(CC(=O)NCc1ccco1)C1CCCCC1. The molecule has 0 saturated heterocycles. The number of aliphatic hydroxyl groups excluding tert-OH is 1. The van der Waals surface area contributed by atoms with E-state index >= 15 is 0 Å². The molecule has 2 N–H and O–H groups in total. The monoisotopic (exact) mass is 294 g/mol. The highest BCUT2D eigenvalue weighted by molar-refractivity contribution is 5.78. The molecule has 5 nitrogen and oxygen atoms in total. The smallest absolute Gasteiger partial charge is 0.234 e. The topological polar surface area (TPSA) is 65.7 Å².